The molecule has 2 bridgehead atoms. The Morgan fingerprint density at radius 1 is 0.476 bits per heavy atom. The number of Topliss-reactive ketones (excluding diaryl/α,β-unsaturated/α-hetero) is 4. The van der Waals surface area contributed by atoms with Gasteiger partial charge >= 0.3 is 0 Å². The van der Waals surface area contributed by atoms with E-state index in [9.17, 15) is 19.2 Å². The Balaban J connectivity index is 0.000000126. The molecule has 4 nitrogen and oxygen atoms in total. The van der Waals surface area contributed by atoms with Gasteiger partial charge in [0.15, 0.2) is 0 Å². The summed E-state index contributed by atoms with van der Waals surface area (Å²) in [4.78, 5) is 43.8. The zero-order valence-corrected chi connectivity index (χ0v) is 12.3. The Morgan fingerprint density at radius 3 is 1.10 bits per heavy atom. The van der Waals surface area contributed by atoms with Gasteiger partial charge in [-0.25, -0.2) is 0 Å². The molecule has 0 aromatic rings. The minimum Gasteiger partial charge on any atom is -0.300 e. The second-order valence-electron chi connectivity index (χ2n) is 7.28. The lowest BCUT2D eigenvalue weighted by molar-refractivity contribution is -0.130. The molecule has 0 heterocycles. The summed E-state index contributed by atoms with van der Waals surface area (Å²) >= 11 is 0. The lowest BCUT2D eigenvalue weighted by atomic mass is 9.71. The molecule has 114 valence electrons. The van der Waals surface area contributed by atoms with E-state index in [1.54, 1.807) is 0 Å². The van der Waals surface area contributed by atoms with Crippen molar-refractivity contribution in [3.05, 3.63) is 0 Å². The van der Waals surface area contributed by atoms with Crippen LogP contribution in [0.15, 0.2) is 0 Å². The fourth-order valence-corrected chi connectivity index (χ4v) is 4.55. The average molecular weight is 290 g/mol. The molecule has 0 spiro atoms. The maximum atomic E-state index is 11.1. The molecule has 4 saturated carbocycles. The number of carbonyl (C=O) groups is 4. The van der Waals surface area contributed by atoms with Crippen molar-refractivity contribution in [1.82, 2.24) is 0 Å². The molecule has 4 heteroatoms. The summed E-state index contributed by atoms with van der Waals surface area (Å²) in [6, 6.07) is 0. The first-order valence-electron chi connectivity index (χ1n) is 8.06. The van der Waals surface area contributed by atoms with Crippen LogP contribution in [0, 0.1) is 23.7 Å². The number of rotatable bonds is 0. The first-order valence-corrected chi connectivity index (χ1v) is 8.06. The number of fused-ring (bicyclic) bond motifs is 3. The maximum absolute atomic E-state index is 11.1. The minimum absolute atomic E-state index is 0.363. The van der Waals surface area contributed by atoms with Crippen molar-refractivity contribution in [1.29, 1.82) is 0 Å². The van der Waals surface area contributed by atoms with Gasteiger partial charge in [-0.3, -0.25) is 19.2 Å². The number of hydrogen-bond acceptors (Lipinski definition) is 4. The van der Waals surface area contributed by atoms with E-state index in [1.807, 2.05) is 0 Å². The predicted molar refractivity (Wildman–Crippen MR) is 75.5 cm³/mol. The summed E-state index contributed by atoms with van der Waals surface area (Å²) in [5.41, 5.74) is 0. The van der Waals surface area contributed by atoms with Crippen molar-refractivity contribution in [2.24, 2.45) is 23.7 Å². The Labute approximate surface area is 124 Å². The summed E-state index contributed by atoms with van der Waals surface area (Å²) in [6.07, 6.45) is 6.51. The molecular weight excluding hydrogens is 268 g/mol. The summed E-state index contributed by atoms with van der Waals surface area (Å²) in [5, 5.41) is 0. The van der Waals surface area contributed by atoms with Crippen LogP contribution in [0.2, 0.25) is 0 Å². The quantitative estimate of drug-likeness (QED) is 0.686. The second-order valence-corrected chi connectivity index (χ2v) is 7.28. The number of hydrogen-bond donors (Lipinski definition) is 0. The minimum atomic E-state index is 0.363. The fraction of sp³-hybridized carbons (Fsp3) is 0.765. The number of carbonyl (C=O) groups excluding carboxylic acids is 4. The third-order valence-electron chi connectivity index (χ3n) is 5.36. The van der Waals surface area contributed by atoms with Crippen LogP contribution in [0.4, 0.5) is 0 Å². The van der Waals surface area contributed by atoms with Crippen LogP contribution in [0.25, 0.3) is 0 Å². The SMILES string of the molecule is O=C1CC2CC(=O)CC(C1)C2.O=C1CC2CC(=O)CC2C1. The summed E-state index contributed by atoms with van der Waals surface area (Å²) in [7, 11) is 0. The van der Waals surface area contributed by atoms with E-state index >= 15 is 0 Å². The molecule has 0 N–H and O–H groups in total. The largest absolute Gasteiger partial charge is 0.300 e. The molecule has 4 fully saturated rings. The molecular formula is C17H22O4. The third-order valence-corrected chi connectivity index (χ3v) is 5.36. The standard InChI is InChI=1S/C9H12O2.C8H10O2/c10-8-2-6-1-7(4-8)5-9(11)3-6;9-7-1-5-2-8(10)4-6(5)3-7/h6-7H,1-5H2;5-6H,1-4H2. The monoisotopic (exact) mass is 290 g/mol. The van der Waals surface area contributed by atoms with Crippen LogP contribution in [0.1, 0.15) is 57.8 Å². The number of ketones is 4. The predicted octanol–water partition coefficient (Wildman–Crippen LogP) is 2.28. The average Bonchev–Trinajstić information content (AvgIpc) is 2.82. The smallest absolute Gasteiger partial charge is 0.133 e. The highest BCUT2D eigenvalue weighted by Gasteiger charge is 2.40. The van der Waals surface area contributed by atoms with Crippen molar-refractivity contribution < 1.29 is 19.2 Å². The molecule has 0 unspecified atom stereocenters. The van der Waals surface area contributed by atoms with Crippen LogP contribution < -0.4 is 0 Å². The summed E-state index contributed by atoms with van der Waals surface area (Å²) in [6.45, 7) is 0. The molecule has 0 saturated heterocycles. The molecule has 0 amide bonds. The Morgan fingerprint density at radius 2 is 0.762 bits per heavy atom. The van der Waals surface area contributed by atoms with Crippen LogP contribution in [0.3, 0.4) is 0 Å². The zero-order chi connectivity index (χ0) is 15.0. The van der Waals surface area contributed by atoms with Gasteiger partial charge in [0.25, 0.3) is 0 Å². The lowest BCUT2D eigenvalue weighted by Crippen LogP contribution is -2.31. The Bertz CT molecular complexity index is 417. The third kappa shape index (κ3) is 3.47. The zero-order valence-electron chi connectivity index (χ0n) is 12.3. The molecule has 0 radical (unpaired) electrons. The van der Waals surface area contributed by atoms with Gasteiger partial charge < -0.3 is 0 Å². The van der Waals surface area contributed by atoms with Crippen molar-refractivity contribution in [3.63, 3.8) is 0 Å². The van der Waals surface area contributed by atoms with Gasteiger partial charge in [0, 0.05) is 51.4 Å². The van der Waals surface area contributed by atoms with E-state index in [-0.39, 0.29) is 0 Å². The Hall–Kier alpha value is -1.32. The van der Waals surface area contributed by atoms with Gasteiger partial charge in [-0.15, -0.1) is 0 Å². The van der Waals surface area contributed by atoms with Crippen LogP contribution >= 0.6 is 0 Å². The van der Waals surface area contributed by atoms with Crippen molar-refractivity contribution >= 4 is 23.1 Å². The van der Waals surface area contributed by atoms with Crippen LogP contribution in [-0.2, 0) is 19.2 Å². The summed E-state index contributed by atoms with van der Waals surface area (Å²) in [5.74, 6) is 3.15. The van der Waals surface area contributed by atoms with Gasteiger partial charge in [0.2, 0.25) is 0 Å². The fourth-order valence-electron chi connectivity index (χ4n) is 4.55. The van der Waals surface area contributed by atoms with Crippen LogP contribution in [0.5, 0.6) is 0 Å². The van der Waals surface area contributed by atoms with Gasteiger partial charge in [-0.2, -0.15) is 0 Å². The molecule has 0 aromatic heterocycles. The first kappa shape index (κ1) is 14.6. The molecule has 4 rings (SSSR count). The molecule has 4 aliphatic carbocycles. The van der Waals surface area contributed by atoms with Gasteiger partial charge in [-0.1, -0.05) is 0 Å². The van der Waals surface area contributed by atoms with Crippen molar-refractivity contribution in [2.45, 2.75) is 57.8 Å². The first-order chi connectivity index (χ1) is 9.99. The summed E-state index contributed by atoms with van der Waals surface area (Å²) < 4.78 is 0. The molecule has 4 aliphatic rings. The maximum Gasteiger partial charge on any atom is 0.133 e. The van der Waals surface area contributed by atoms with Gasteiger partial charge in [0.1, 0.15) is 23.1 Å². The van der Waals surface area contributed by atoms with E-state index in [1.165, 1.54) is 0 Å². The highest BCUT2D eigenvalue weighted by atomic mass is 16.1. The topological polar surface area (TPSA) is 68.3 Å². The highest BCUT2D eigenvalue weighted by Crippen LogP contribution is 2.40. The van der Waals surface area contributed by atoms with E-state index in [0.717, 1.165) is 6.42 Å². The lowest BCUT2D eigenvalue weighted by Gasteiger charge is -2.32. The van der Waals surface area contributed by atoms with Crippen molar-refractivity contribution in [2.75, 3.05) is 0 Å². The van der Waals surface area contributed by atoms with E-state index in [2.05, 4.69) is 0 Å². The normalized spacial score (nSPS) is 38.1. The molecule has 0 aliphatic heterocycles. The molecule has 21 heavy (non-hydrogen) atoms. The van der Waals surface area contributed by atoms with Crippen molar-refractivity contribution in [3.8, 4) is 0 Å². The van der Waals surface area contributed by atoms with E-state index in [0.29, 0.717) is 98.2 Å². The molecule has 0 atom stereocenters. The van der Waals surface area contributed by atoms with Crippen LogP contribution in [-0.4, -0.2) is 23.1 Å². The highest BCUT2D eigenvalue weighted by molar-refractivity contribution is 5.88. The molecule has 0 aromatic carbocycles. The Kier molecular flexibility index (Phi) is 4.05. The van der Waals surface area contributed by atoms with E-state index in [4.69, 9.17) is 0 Å². The van der Waals surface area contributed by atoms with E-state index < -0.39 is 0 Å². The van der Waals surface area contributed by atoms with Gasteiger partial charge in [-0.05, 0) is 30.1 Å². The van der Waals surface area contributed by atoms with Gasteiger partial charge in [0.05, 0.1) is 0 Å². The second kappa shape index (κ2) is 5.82.